The van der Waals surface area contributed by atoms with Gasteiger partial charge in [0, 0.05) is 6.54 Å². The average molecular weight is 302 g/mol. The molecule has 0 aromatic carbocycles. The van der Waals surface area contributed by atoms with E-state index in [-0.39, 0.29) is 6.54 Å². The van der Waals surface area contributed by atoms with E-state index in [0.717, 1.165) is 19.8 Å². The molecule has 21 heavy (non-hydrogen) atoms. The molecule has 0 aliphatic heterocycles. The molecule has 0 aromatic rings. The van der Waals surface area contributed by atoms with Gasteiger partial charge in [-0.05, 0) is 13.3 Å². The summed E-state index contributed by atoms with van der Waals surface area (Å²) in [4.78, 5) is 22.0. The number of carbonyl (C=O) groups is 2. The molecule has 2 amide bonds. The van der Waals surface area contributed by atoms with Gasteiger partial charge in [0.2, 0.25) is 0 Å². The third kappa shape index (κ3) is 11.1. The van der Waals surface area contributed by atoms with E-state index in [1.807, 2.05) is 0 Å². The first-order chi connectivity index (χ1) is 9.90. The number of rotatable bonds is 12. The minimum Gasteiger partial charge on any atom is -0.479 e. The largest absolute Gasteiger partial charge is 0.479 e. The molecular formula is C15H30N2O4. The first kappa shape index (κ1) is 19.7. The highest BCUT2D eigenvalue weighted by Crippen LogP contribution is 2.07. The van der Waals surface area contributed by atoms with E-state index in [4.69, 9.17) is 5.11 Å². The van der Waals surface area contributed by atoms with Gasteiger partial charge in [-0.1, -0.05) is 51.9 Å². The second-order valence-electron chi connectivity index (χ2n) is 5.66. The number of aliphatic carboxylic acids is 1. The van der Waals surface area contributed by atoms with E-state index < -0.39 is 17.6 Å². The number of hydrogen-bond donors (Lipinski definition) is 4. The summed E-state index contributed by atoms with van der Waals surface area (Å²) in [5, 5.41) is 23.1. The average Bonchev–Trinajstić information content (AvgIpc) is 2.43. The standard InChI is InChI=1S/C15H30N2O4/c1-3-4-5-6-7-8-9-10-11-16-14(20)17-12-15(2,21)13(18)19/h21H,3-12H2,1-2H3,(H,18,19)(H2,16,17,20). The van der Waals surface area contributed by atoms with Crippen molar-refractivity contribution in [2.45, 2.75) is 70.8 Å². The van der Waals surface area contributed by atoms with Crippen molar-refractivity contribution >= 4 is 12.0 Å². The number of unbranched alkanes of at least 4 members (excludes halogenated alkanes) is 7. The normalized spacial score (nSPS) is 13.5. The molecule has 0 rings (SSSR count). The molecule has 0 fully saturated rings. The fraction of sp³-hybridized carbons (Fsp3) is 0.867. The number of amides is 2. The van der Waals surface area contributed by atoms with E-state index >= 15 is 0 Å². The zero-order valence-corrected chi connectivity index (χ0v) is 13.3. The van der Waals surface area contributed by atoms with Crippen LogP contribution in [0.15, 0.2) is 0 Å². The lowest BCUT2D eigenvalue weighted by Crippen LogP contribution is -2.49. The van der Waals surface area contributed by atoms with Crippen molar-refractivity contribution in [1.29, 1.82) is 0 Å². The van der Waals surface area contributed by atoms with Crippen LogP contribution in [-0.2, 0) is 4.79 Å². The van der Waals surface area contributed by atoms with Crippen LogP contribution in [0.1, 0.15) is 65.2 Å². The molecule has 6 heteroatoms. The SMILES string of the molecule is CCCCCCCCCCNC(=O)NCC(C)(O)C(=O)O. The second-order valence-corrected chi connectivity index (χ2v) is 5.66. The van der Waals surface area contributed by atoms with Gasteiger partial charge in [0.15, 0.2) is 5.60 Å². The number of aliphatic hydroxyl groups is 1. The molecule has 0 bridgehead atoms. The predicted molar refractivity (Wildman–Crippen MR) is 82.3 cm³/mol. The van der Waals surface area contributed by atoms with Crippen LogP contribution in [0.25, 0.3) is 0 Å². The lowest BCUT2D eigenvalue weighted by atomic mass is 10.1. The predicted octanol–water partition coefficient (Wildman–Crippen LogP) is 2.26. The zero-order chi connectivity index (χ0) is 16.1. The molecule has 1 atom stereocenters. The molecule has 0 saturated heterocycles. The molecule has 6 nitrogen and oxygen atoms in total. The molecular weight excluding hydrogens is 272 g/mol. The lowest BCUT2D eigenvalue weighted by Gasteiger charge is -2.18. The minimum atomic E-state index is -1.93. The molecule has 0 spiro atoms. The highest BCUT2D eigenvalue weighted by Gasteiger charge is 2.30. The van der Waals surface area contributed by atoms with Gasteiger partial charge >= 0.3 is 12.0 Å². The highest BCUT2D eigenvalue weighted by molar-refractivity contribution is 5.79. The molecule has 0 radical (unpaired) electrons. The van der Waals surface area contributed by atoms with E-state index in [0.29, 0.717) is 6.54 Å². The fourth-order valence-corrected chi connectivity index (χ4v) is 1.85. The Morgan fingerprint density at radius 2 is 1.48 bits per heavy atom. The van der Waals surface area contributed by atoms with Crippen molar-refractivity contribution in [2.24, 2.45) is 0 Å². The summed E-state index contributed by atoms with van der Waals surface area (Å²) in [5.41, 5.74) is -1.93. The highest BCUT2D eigenvalue weighted by atomic mass is 16.4. The lowest BCUT2D eigenvalue weighted by molar-refractivity contribution is -0.155. The molecule has 0 aliphatic rings. The smallest absolute Gasteiger partial charge is 0.337 e. The maximum Gasteiger partial charge on any atom is 0.337 e. The molecule has 124 valence electrons. The van der Waals surface area contributed by atoms with Crippen LogP contribution in [0, 0.1) is 0 Å². The van der Waals surface area contributed by atoms with Gasteiger partial charge in [0.1, 0.15) is 0 Å². The summed E-state index contributed by atoms with van der Waals surface area (Å²) in [6, 6.07) is -0.445. The number of hydrogen-bond acceptors (Lipinski definition) is 3. The van der Waals surface area contributed by atoms with Crippen LogP contribution in [0.3, 0.4) is 0 Å². The monoisotopic (exact) mass is 302 g/mol. The van der Waals surface area contributed by atoms with Crippen LogP contribution in [0.4, 0.5) is 4.79 Å². The number of urea groups is 1. The molecule has 0 saturated carbocycles. The molecule has 0 aromatic heterocycles. The molecule has 0 aliphatic carbocycles. The van der Waals surface area contributed by atoms with Gasteiger partial charge in [-0.2, -0.15) is 0 Å². The third-order valence-electron chi connectivity index (χ3n) is 3.37. The molecule has 1 unspecified atom stereocenters. The van der Waals surface area contributed by atoms with Gasteiger partial charge in [0.05, 0.1) is 6.54 Å². The van der Waals surface area contributed by atoms with Crippen LogP contribution >= 0.6 is 0 Å². The van der Waals surface area contributed by atoms with Gasteiger partial charge in [-0.15, -0.1) is 0 Å². The quantitative estimate of drug-likeness (QED) is 0.416. The summed E-state index contributed by atoms with van der Waals surface area (Å²) < 4.78 is 0. The third-order valence-corrected chi connectivity index (χ3v) is 3.37. The van der Waals surface area contributed by atoms with Crippen LogP contribution in [-0.4, -0.2) is 40.9 Å². The Bertz CT molecular complexity index is 306. The Kier molecular flexibility index (Phi) is 10.7. The van der Waals surface area contributed by atoms with E-state index in [2.05, 4.69) is 17.6 Å². The summed E-state index contributed by atoms with van der Waals surface area (Å²) in [6.45, 7) is 3.60. The summed E-state index contributed by atoms with van der Waals surface area (Å²) in [7, 11) is 0. The first-order valence-electron chi connectivity index (χ1n) is 7.87. The first-order valence-corrected chi connectivity index (χ1v) is 7.87. The Hall–Kier alpha value is -1.30. The number of carboxylic acid groups (broad SMARTS) is 1. The Morgan fingerprint density at radius 3 is 2.00 bits per heavy atom. The summed E-state index contributed by atoms with van der Waals surface area (Å²) in [6.07, 6.45) is 9.58. The Labute approximate surface area is 127 Å². The zero-order valence-electron chi connectivity index (χ0n) is 13.3. The Morgan fingerprint density at radius 1 is 0.952 bits per heavy atom. The van der Waals surface area contributed by atoms with Crippen molar-refractivity contribution in [2.75, 3.05) is 13.1 Å². The van der Waals surface area contributed by atoms with Crippen molar-refractivity contribution in [1.82, 2.24) is 10.6 Å². The summed E-state index contributed by atoms with van der Waals surface area (Å²) in [5.74, 6) is -1.36. The number of nitrogens with one attached hydrogen (secondary N) is 2. The minimum absolute atomic E-state index is 0.314. The topological polar surface area (TPSA) is 98.7 Å². The summed E-state index contributed by atoms with van der Waals surface area (Å²) >= 11 is 0. The van der Waals surface area contributed by atoms with Gasteiger partial charge in [0.25, 0.3) is 0 Å². The van der Waals surface area contributed by atoms with E-state index in [1.165, 1.54) is 38.5 Å². The number of carbonyl (C=O) groups excluding carboxylic acids is 1. The van der Waals surface area contributed by atoms with Crippen molar-refractivity contribution in [3.8, 4) is 0 Å². The number of carboxylic acids is 1. The van der Waals surface area contributed by atoms with Crippen LogP contribution in [0.5, 0.6) is 0 Å². The maximum absolute atomic E-state index is 11.4. The van der Waals surface area contributed by atoms with Crippen LogP contribution in [0.2, 0.25) is 0 Å². The van der Waals surface area contributed by atoms with Crippen LogP contribution < -0.4 is 10.6 Å². The van der Waals surface area contributed by atoms with Crippen molar-refractivity contribution in [3.63, 3.8) is 0 Å². The van der Waals surface area contributed by atoms with E-state index in [9.17, 15) is 14.7 Å². The fourth-order valence-electron chi connectivity index (χ4n) is 1.85. The maximum atomic E-state index is 11.4. The van der Waals surface area contributed by atoms with Crippen molar-refractivity contribution in [3.05, 3.63) is 0 Å². The van der Waals surface area contributed by atoms with Gasteiger partial charge in [-0.25, -0.2) is 9.59 Å². The molecule has 0 heterocycles. The van der Waals surface area contributed by atoms with Crippen molar-refractivity contribution < 1.29 is 19.8 Å². The second kappa shape index (κ2) is 11.4. The van der Waals surface area contributed by atoms with E-state index in [1.54, 1.807) is 0 Å². The van der Waals surface area contributed by atoms with Gasteiger partial charge < -0.3 is 20.8 Å². The Balaban J connectivity index is 3.44. The molecule has 4 N–H and O–H groups in total. The van der Waals surface area contributed by atoms with Gasteiger partial charge in [-0.3, -0.25) is 0 Å².